The molecule has 0 aliphatic rings. The van der Waals surface area contributed by atoms with Crippen molar-refractivity contribution in [1.29, 1.82) is 0 Å². The molecule has 44 heavy (non-hydrogen) atoms. The van der Waals surface area contributed by atoms with E-state index in [9.17, 15) is 5.11 Å². The smallest absolute Gasteiger partial charge is 0.199 e. The van der Waals surface area contributed by atoms with Crippen LogP contribution in [0.3, 0.4) is 0 Å². The van der Waals surface area contributed by atoms with Gasteiger partial charge in [-0.15, -0.1) is 0 Å². The molecule has 0 saturated heterocycles. The maximum atomic E-state index is 11.2. The Bertz CT molecular complexity index is 1840. The summed E-state index contributed by atoms with van der Waals surface area (Å²) in [6.45, 7) is 0. The van der Waals surface area contributed by atoms with Crippen LogP contribution in [0.2, 0.25) is 0 Å². The quantitative estimate of drug-likeness (QED) is 0.145. The molecule has 0 amide bonds. The van der Waals surface area contributed by atoms with Crippen LogP contribution in [0.15, 0.2) is 132 Å². The van der Waals surface area contributed by atoms with Gasteiger partial charge < -0.3 is 25.3 Å². The highest BCUT2D eigenvalue weighted by molar-refractivity contribution is 6.22. The average molecular weight is 582 g/mol. The third-order valence-corrected chi connectivity index (χ3v) is 7.97. The number of nitrogens with one attached hydrogen (secondary N) is 1. The van der Waals surface area contributed by atoms with E-state index in [0.29, 0.717) is 41.1 Å². The number of hydrogen-bond acceptors (Lipinski definition) is 5. The molecule has 0 fully saturated rings. The van der Waals surface area contributed by atoms with Gasteiger partial charge in [-0.25, -0.2) is 4.99 Å². The van der Waals surface area contributed by atoms with Crippen LogP contribution >= 0.6 is 0 Å². The summed E-state index contributed by atoms with van der Waals surface area (Å²) in [5.74, 6) is 1.15. The van der Waals surface area contributed by atoms with E-state index >= 15 is 0 Å². The Balaban J connectivity index is 1.43. The van der Waals surface area contributed by atoms with Gasteiger partial charge in [0.1, 0.15) is 0 Å². The molecule has 6 rings (SSSR count). The van der Waals surface area contributed by atoms with Crippen LogP contribution in [0.4, 0.5) is 5.69 Å². The van der Waals surface area contributed by atoms with E-state index < -0.39 is 5.54 Å². The fourth-order valence-electron chi connectivity index (χ4n) is 5.79. The van der Waals surface area contributed by atoms with Crippen molar-refractivity contribution in [3.05, 3.63) is 155 Å². The zero-order valence-corrected chi connectivity index (χ0v) is 24.8. The van der Waals surface area contributed by atoms with E-state index in [4.69, 9.17) is 20.2 Å². The van der Waals surface area contributed by atoms with Gasteiger partial charge in [0.15, 0.2) is 17.4 Å². The van der Waals surface area contributed by atoms with Crippen LogP contribution in [0.25, 0.3) is 10.9 Å². The molecule has 0 saturated carbocycles. The van der Waals surface area contributed by atoms with Gasteiger partial charge in [-0.3, -0.25) is 0 Å². The van der Waals surface area contributed by atoms with Crippen molar-refractivity contribution in [2.24, 2.45) is 10.7 Å². The fraction of sp³-hybridized carbons (Fsp3) is 0.132. The molecule has 4 N–H and O–H groups in total. The zero-order chi connectivity index (χ0) is 30.5. The van der Waals surface area contributed by atoms with Crippen LogP contribution in [-0.2, 0) is 18.4 Å². The van der Waals surface area contributed by atoms with Gasteiger partial charge in [0, 0.05) is 22.6 Å². The molecular formula is C38H35N3O3. The number of aromatic hydroxyl groups is 1. The lowest BCUT2D eigenvalue weighted by Crippen LogP contribution is -2.41. The van der Waals surface area contributed by atoms with Crippen LogP contribution in [0.1, 0.15) is 27.8 Å². The molecule has 6 heteroatoms. The Morgan fingerprint density at radius 3 is 1.80 bits per heavy atom. The van der Waals surface area contributed by atoms with Crippen molar-refractivity contribution < 1.29 is 14.6 Å². The SMILES string of the molecule is COc1cc2[nH]c(O)c(C(=Nc3ccc(C(N)(Cc4ccccc4)Cc4ccccc4)cc3)c3ccccc3)c2cc1OC. The third kappa shape index (κ3) is 5.93. The minimum atomic E-state index is -0.627. The predicted octanol–water partition coefficient (Wildman–Crippen LogP) is 7.70. The van der Waals surface area contributed by atoms with Crippen molar-refractivity contribution in [1.82, 2.24) is 4.98 Å². The summed E-state index contributed by atoms with van der Waals surface area (Å²) < 4.78 is 11.1. The number of aliphatic imine (C=N–C) groups is 1. The second-order valence-electron chi connectivity index (χ2n) is 11.0. The number of methoxy groups -OCH3 is 2. The molecule has 0 atom stereocenters. The summed E-state index contributed by atoms with van der Waals surface area (Å²) in [6.07, 6.45) is 1.38. The van der Waals surface area contributed by atoms with Crippen molar-refractivity contribution in [3.8, 4) is 17.4 Å². The number of rotatable bonds is 10. The maximum absolute atomic E-state index is 11.2. The van der Waals surface area contributed by atoms with Gasteiger partial charge in [-0.2, -0.15) is 0 Å². The minimum Gasteiger partial charge on any atom is -0.494 e. The van der Waals surface area contributed by atoms with Gasteiger partial charge in [0.05, 0.1) is 36.7 Å². The molecule has 0 bridgehead atoms. The molecule has 0 aliphatic heterocycles. The highest BCUT2D eigenvalue weighted by atomic mass is 16.5. The van der Waals surface area contributed by atoms with Gasteiger partial charge >= 0.3 is 0 Å². The molecule has 6 aromatic rings. The van der Waals surface area contributed by atoms with Crippen LogP contribution in [0, 0.1) is 0 Å². The average Bonchev–Trinajstić information content (AvgIpc) is 3.38. The molecule has 6 nitrogen and oxygen atoms in total. The Labute approximate surface area is 257 Å². The monoisotopic (exact) mass is 581 g/mol. The van der Waals surface area contributed by atoms with E-state index in [2.05, 4.69) is 41.4 Å². The largest absolute Gasteiger partial charge is 0.494 e. The number of H-pyrrole nitrogens is 1. The number of fused-ring (bicyclic) bond motifs is 1. The van der Waals surface area contributed by atoms with E-state index in [0.717, 1.165) is 22.2 Å². The summed E-state index contributed by atoms with van der Waals surface area (Å²) >= 11 is 0. The number of aromatic nitrogens is 1. The van der Waals surface area contributed by atoms with E-state index in [1.807, 2.05) is 91.0 Å². The zero-order valence-electron chi connectivity index (χ0n) is 24.8. The van der Waals surface area contributed by atoms with E-state index in [1.165, 1.54) is 11.1 Å². The molecular weight excluding hydrogens is 546 g/mol. The Morgan fingerprint density at radius 1 is 0.727 bits per heavy atom. The van der Waals surface area contributed by atoms with Gasteiger partial charge in [-0.1, -0.05) is 103 Å². The van der Waals surface area contributed by atoms with Gasteiger partial charge in [-0.05, 0) is 47.7 Å². The first-order valence-electron chi connectivity index (χ1n) is 14.6. The topological polar surface area (TPSA) is 92.9 Å². The number of aromatic amines is 1. The van der Waals surface area contributed by atoms with Crippen molar-refractivity contribution in [3.63, 3.8) is 0 Å². The second-order valence-corrected chi connectivity index (χ2v) is 11.0. The predicted molar refractivity (Wildman–Crippen MR) is 177 cm³/mol. The first kappa shape index (κ1) is 28.8. The van der Waals surface area contributed by atoms with Crippen molar-refractivity contribution in [2.75, 3.05) is 14.2 Å². The summed E-state index contributed by atoms with van der Waals surface area (Å²) in [4.78, 5) is 8.18. The molecule has 5 aromatic carbocycles. The Hall–Kier alpha value is -5.33. The number of benzene rings is 5. The first-order chi connectivity index (χ1) is 21.5. The minimum absolute atomic E-state index is 0.0150. The first-order valence-corrected chi connectivity index (χ1v) is 14.6. The molecule has 0 spiro atoms. The molecule has 0 radical (unpaired) electrons. The van der Waals surface area contributed by atoms with Gasteiger partial charge in [0.2, 0.25) is 0 Å². The van der Waals surface area contributed by atoms with Gasteiger partial charge in [0.25, 0.3) is 0 Å². The normalized spacial score (nSPS) is 11.9. The molecule has 220 valence electrons. The number of nitrogens with two attached hydrogens (primary N) is 1. The summed E-state index contributed by atoms with van der Waals surface area (Å²) in [6, 6.07) is 42.3. The van der Waals surface area contributed by atoms with E-state index in [-0.39, 0.29) is 5.88 Å². The summed E-state index contributed by atoms with van der Waals surface area (Å²) in [5, 5.41) is 11.9. The Morgan fingerprint density at radius 2 is 1.25 bits per heavy atom. The summed E-state index contributed by atoms with van der Waals surface area (Å²) in [7, 11) is 3.18. The second kappa shape index (κ2) is 12.5. The lowest BCUT2D eigenvalue weighted by molar-refractivity contribution is 0.356. The van der Waals surface area contributed by atoms with Crippen LogP contribution in [0.5, 0.6) is 17.4 Å². The lowest BCUT2D eigenvalue weighted by atomic mass is 9.80. The maximum Gasteiger partial charge on any atom is 0.199 e. The van der Waals surface area contributed by atoms with Crippen LogP contribution in [-0.4, -0.2) is 30.0 Å². The van der Waals surface area contributed by atoms with E-state index in [1.54, 1.807) is 14.2 Å². The van der Waals surface area contributed by atoms with Crippen molar-refractivity contribution >= 4 is 22.3 Å². The highest BCUT2D eigenvalue weighted by Crippen LogP contribution is 2.38. The molecule has 1 heterocycles. The number of ether oxygens (including phenoxy) is 2. The lowest BCUT2D eigenvalue weighted by Gasteiger charge is -2.31. The number of hydrogen-bond donors (Lipinski definition) is 3. The molecule has 0 aliphatic carbocycles. The van der Waals surface area contributed by atoms with Crippen molar-refractivity contribution in [2.45, 2.75) is 18.4 Å². The highest BCUT2D eigenvalue weighted by Gasteiger charge is 2.28. The number of nitrogens with zero attached hydrogens (tertiary/aromatic N) is 1. The molecule has 0 unspecified atom stereocenters. The molecule has 1 aromatic heterocycles. The standard InChI is InChI=1S/C38H35N3O3/c1-43-33-22-31-32(23-34(33)44-2)41-37(42)35(31)36(28-16-10-5-11-17-28)40-30-20-18-29(19-21-30)38(39,24-26-12-6-3-7-13-26)25-27-14-8-4-9-15-27/h3-23,41-42H,24-25,39H2,1-2H3. The van der Waals surface area contributed by atoms with Crippen LogP contribution < -0.4 is 15.2 Å². The Kier molecular flexibility index (Phi) is 8.17. The summed E-state index contributed by atoms with van der Waals surface area (Å²) in [5.41, 5.74) is 13.5. The third-order valence-electron chi connectivity index (χ3n) is 7.97. The fourth-order valence-corrected chi connectivity index (χ4v) is 5.79.